The maximum Gasteiger partial charge on any atom is 0.264 e. The Kier molecular flexibility index (Phi) is 4.25. The highest BCUT2D eigenvalue weighted by atomic mass is 16.5. The molecule has 0 radical (unpaired) electrons. The number of aromatic nitrogens is 4. The van der Waals surface area contributed by atoms with Crippen molar-refractivity contribution in [2.75, 3.05) is 7.11 Å². The van der Waals surface area contributed by atoms with E-state index in [1.807, 2.05) is 30.3 Å². The fourth-order valence-electron chi connectivity index (χ4n) is 2.95. The topological polar surface area (TPSA) is 89.9 Å². The standard InChI is InChI=1S/C20H16N4O3/c1-27-16-4-2-3-13(7-16)11-24-12-21-18-6-5-14(8-17(18)20(24)26)15-9-19(25)23-22-10-15/h2-10,12H,11H2,1H3,(H,23,25). The molecule has 134 valence electrons. The van der Waals surface area contributed by atoms with E-state index in [4.69, 9.17) is 4.74 Å². The quantitative estimate of drug-likeness (QED) is 0.603. The highest BCUT2D eigenvalue weighted by Crippen LogP contribution is 2.20. The number of hydrogen-bond acceptors (Lipinski definition) is 5. The van der Waals surface area contributed by atoms with Crippen LogP contribution in [-0.4, -0.2) is 26.9 Å². The zero-order valence-corrected chi connectivity index (χ0v) is 14.5. The van der Waals surface area contributed by atoms with Crippen LogP contribution in [0.4, 0.5) is 0 Å². The summed E-state index contributed by atoms with van der Waals surface area (Å²) in [5.41, 5.74) is 2.47. The molecule has 1 N–H and O–H groups in total. The predicted octanol–water partition coefficient (Wildman–Crippen LogP) is 2.20. The normalized spacial score (nSPS) is 10.9. The van der Waals surface area contributed by atoms with Gasteiger partial charge in [-0.25, -0.2) is 10.1 Å². The highest BCUT2D eigenvalue weighted by molar-refractivity contribution is 5.83. The number of aromatic amines is 1. The first-order chi connectivity index (χ1) is 13.1. The van der Waals surface area contributed by atoms with Gasteiger partial charge in [0, 0.05) is 11.6 Å². The van der Waals surface area contributed by atoms with Gasteiger partial charge in [0.05, 0.1) is 37.1 Å². The number of hydrogen-bond donors (Lipinski definition) is 1. The molecule has 0 aliphatic heterocycles. The van der Waals surface area contributed by atoms with Crippen molar-refractivity contribution in [3.8, 4) is 16.9 Å². The molecule has 2 aromatic heterocycles. The average Bonchev–Trinajstić information content (AvgIpc) is 2.70. The Bertz CT molecular complexity index is 1240. The summed E-state index contributed by atoms with van der Waals surface area (Å²) in [5, 5.41) is 6.63. The monoisotopic (exact) mass is 360 g/mol. The van der Waals surface area contributed by atoms with Crippen LogP contribution in [0.15, 0.2) is 70.6 Å². The molecule has 0 amide bonds. The van der Waals surface area contributed by atoms with E-state index in [9.17, 15) is 9.59 Å². The van der Waals surface area contributed by atoms with Gasteiger partial charge in [0.25, 0.3) is 11.1 Å². The molecule has 2 heterocycles. The molecule has 0 bridgehead atoms. The first-order valence-corrected chi connectivity index (χ1v) is 8.31. The molecule has 27 heavy (non-hydrogen) atoms. The minimum atomic E-state index is -0.297. The second kappa shape index (κ2) is 6.87. The lowest BCUT2D eigenvalue weighted by Crippen LogP contribution is -2.21. The molecular formula is C20H16N4O3. The van der Waals surface area contributed by atoms with Crippen LogP contribution < -0.4 is 15.9 Å². The SMILES string of the molecule is COc1cccc(Cn2cnc3ccc(-c4cn[nH]c(=O)c4)cc3c2=O)c1. The zero-order chi connectivity index (χ0) is 18.8. The molecule has 4 aromatic rings. The molecule has 0 saturated heterocycles. The fourth-order valence-corrected chi connectivity index (χ4v) is 2.95. The first kappa shape index (κ1) is 16.7. The van der Waals surface area contributed by atoms with Crippen molar-refractivity contribution in [2.24, 2.45) is 0 Å². The molecule has 7 heteroatoms. The molecule has 0 aliphatic rings. The maximum absolute atomic E-state index is 12.9. The summed E-state index contributed by atoms with van der Waals surface area (Å²) in [6.45, 7) is 0.385. The summed E-state index contributed by atoms with van der Waals surface area (Å²) < 4.78 is 6.78. The average molecular weight is 360 g/mol. The Morgan fingerprint density at radius 2 is 1.96 bits per heavy atom. The van der Waals surface area contributed by atoms with Crippen LogP contribution in [0.5, 0.6) is 5.75 Å². The van der Waals surface area contributed by atoms with Crippen LogP contribution in [0.2, 0.25) is 0 Å². The Morgan fingerprint density at radius 1 is 1.07 bits per heavy atom. The van der Waals surface area contributed by atoms with Gasteiger partial charge in [-0.05, 0) is 35.4 Å². The lowest BCUT2D eigenvalue weighted by molar-refractivity contribution is 0.414. The molecule has 0 aliphatic carbocycles. The second-order valence-electron chi connectivity index (χ2n) is 6.10. The number of H-pyrrole nitrogens is 1. The molecule has 0 atom stereocenters. The van der Waals surface area contributed by atoms with Gasteiger partial charge in [0.2, 0.25) is 0 Å². The number of ether oxygens (including phenoxy) is 1. The third-order valence-corrected chi connectivity index (χ3v) is 4.31. The molecule has 0 saturated carbocycles. The molecule has 0 spiro atoms. The number of nitrogens with one attached hydrogen (secondary N) is 1. The van der Waals surface area contributed by atoms with Gasteiger partial charge in [-0.15, -0.1) is 0 Å². The number of fused-ring (bicyclic) bond motifs is 1. The minimum absolute atomic E-state index is 0.150. The lowest BCUT2D eigenvalue weighted by Gasteiger charge is -2.09. The predicted molar refractivity (Wildman–Crippen MR) is 102 cm³/mol. The number of methoxy groups -OCH3 is 1. The molecule has 0 fully saturated rings. The Labute approximate surface area is 153 Å². The van der Waals surface area contributed by atoms with Crippen LogP contribution in [0.1, 0.15) is 5.56 Å². The van der Waals surface area contributed by atoms with Crippen molar-refractivity contribution in [3.05, 3.63) is 87.3 Å². The maximum atomic E-state index is 12.9. The summed E-state index contributed by atoms with van der Waals surface area (Å²) in [4.78, 5) is 28.8. The molecule has 0 unspecified atom stereocenters. The summed E-state index contributed by atoms with van der Waals surface area (Å²) >= 11 is 0. The van der Waals surface area contributed by atoms with Crippen LogP contribution in [0.25, 0.3) is 22.0 Å². The van der Waals surface area contributed by atoms with E-state index in [1.54, 1.807) is 36.3 Å². The molecule has 2 aromatic carbocycles. The van der Waals surface area contributed by atoms with Crippen molar-refractivity contribution >= 4 is 10.9 Å². The van der Waals surface area contributed by atoms with Gasteiger partial charge in [-0.1, -0.05) is 18.2 Å². The van der Waals surface area contributed by atoms with E-state index in [0.29, 0.717) is 23.0 Å². The van der Waals surface area contributed by atoms with Crippen LogP contribution in [0, 0.1) is 0 Å². The number of benzene rings is 2. The summed E-state index contributed by atoms with van der Waals surface area (Å²) in [7, 11) is 1.61. The van der Waals surface area contributed by atoms with E-state index in [0.717, 1.165) is 16.9 Å². The lowest BCUT2D eigenvalue weighted by atomic mass is 10.1. The molecular weight excluding hydrogens is 344 g/mol. The summed E-state index contributed by atoms with van der Waals surface area (Å²) in [6, 6.07) is 14.3. The van der Waals surface area contributed by atoms with E-state index >= 15 is 0 Å². The van der Waals surface area contributed by atoms with Crippen LogP contribution in [-0.2, 0) is 6.54 Å². The Balaban J connectivity index is 1.78. The van der Waals surface area contributed by atoms with Crippen molar-refractivity contribution in [3.63, 3.8) is 0 Å². The van der Waals surface area contributed by atoms with Crippen molar-refractivity contribution in [1.82, 2.24) is 19.7 Å². The smallest absolute Gasteiger partial charge is 0.264 e. The van der Waals surface area contributed by atoms with E-state index in [2.05, 4.69) is 15.2 Å². The van der Waals surface area contributed by atoms with Crippen LogP contribution >= 0.6 is 0 Å². The third kappa shape index (κ3) is 3.35. The largest absolute Gasteiger partial charge is 0.497 e. The van der Waals surface area contributed by atoms with Gasteiger partial charge in [0.15, 0.2) is 0 Å². The molecule has 7 nitrogen and oxygen atoms in total. The minimum Gasteiger partial charge on any atom is -0.497 e. The summed E-state index contributed by atoms with van der Waals surface area (Å²) in [5.74, 6) is 0.735. The number of rotatable bonds is 4. The van der Waals surface area contributed by atoms with Gasteiger partial charge >= 0.3 is 0 Å². The van der Waals surface area contributed by atoms with Gasteiger partial charge < -0.3 is 4.74 Å². The van der Waals surface area contributed by atoms with Crippen molar-refractivity contribution in [1.29, 1.82) is 0 Å². The van der Waals surface area contributed by atoms with Gasteiger partial charge in [-0.2, -0.15) is 5.10 Å². The van der Waals surface area contributed by atoms with E-state index in [-0.39, 0.29) is 11.1 Å². The number of nitrogens with zero attached hydrogens (tertiary/aromatic N) is 3. The fraction of sp³-hybridized carbons (Fsp3) is 0.100. The third-order valence-electron chi connectivity index (χ3n) is 4.31. The Hall–Kier alpha value is -3.74. The molecule has 4 rings (SSSR count). The summed E-state index contributed by atoms with van der Waals surface area (Å²) in [6.07, 6.45) is 3.09. The van der Waals surface area contributed by atoms with Gasteiger partial charge in [-0.3, -0.25) is 14.2 Å². The zero-order valence-electron chi connectivity index (χ0n) is 14.5. The van der Waals surface area contributed by atoms with Crippen molar-refractivity contribution < 1.29 is 4.74 Å². The van der Waals surface area contributed by atoms with E-state index in [1.165, 1.54) is 6.07 Å². The van der Waals surface area contributed by atoms with E-state index < -0.39 is 0 Å². The Morgan fingerprint density at radius 3 is 2.78 bits per heavy atom. The first-order valence-electron chi connectivity index (χ1n) is 8.31. The highest BCUT2D eigenvalue weighted by Gasteiger charge is 2.08. The van der Waals surface area contributed by atoms with Crippen LogP contribution in [0.3, 0.4) is 0 Å². The van der Waals surface area contributed by atoms with Gasteiger partial charge in [0.1, 0.15) is 5.75 Å². The second-order valence-corrected chi connectivity index (χ2v) is 6.10. The van der Waals surface area contributed by atoms with Crippen molar-refractivity contribution in [2.45, 2.75) is 6.54 Å².